The molecule has 1 aromatic carbocycles. The van der Waals surface area contributed by atoms with E-state index in [1.54, 1.807) is 0 Å². The molecule has 17 heavy (non-hydrogen) atoms. The molecule has 1 aromatic heterocycles. The minimum Gasteiger partial charge on any atom is -0.202 e. The molecular weight excluding hydrogens is 206 g/mol. The van der Waals surface area contributed by atoms with Gasteiger partial charge in [-0.2, -0.15) is 0 Å². The molecule has 0 aliphatic heterocycles. The van der Waals surface area contributed by atoms with Crippen LogP contribution in [-0.2, 0) is 6.42 Å². The van der Waals surface area contributed by atoms with E-state index in [-0.39, 0.29) is 0 Å². The van der Waals surface area contributed by atoms with E-state index in [0.717, 1.165) is 6.42 Å². The van der Waals surface area contributed by atoms with E-state index in [2.05, 4.69) is 79.3 Å². The third kappa shape index (κ3) is 3.16. The molecule has 0 fully saturated rings. The van der Waals surface area contributed by atoms with Gasteiger partial charge in [-0.05, 0) is 5.56 Å². The van der Waals surface area contributed by atoms with E-state index >= 15 is 0 Å². The molecule has 0 saturated carbocycles. The smallest absolute Gasteiger partial charge is 0.169 e. The van der Waals surface area contributed by atoms with Crippen LogP contribution in [0.4, 0.5) is 0 Å². The highest BCUT2D eigenvalue weighted by atomic mass is 15.0. The lowest BCUT2D eigenvalue weighted by Crippen LogP contribution is -2.42. The van der Waals surface area contributed by atoms with Crippen LogP contribution < -0.4 is 4.57 Å². The molecule has 0 aliphatic rings. The van der Waals surface area contributed by atoms with E-state index in [4.69, 9.17) is 0 Å². The normalized spacial score (nSPS) is 12.6. The highest BCUT2D eigenvalue weighted by molar-refractivity contribution is 5.15. The summed E-state index contributed by atoms with van der Waals surface area (Å²) in [5, 5.41) is 0. The number of rotatable bonds is 4. The van der Waals surface area contributed by atoms with Gasteiger partial charge in [0, 0.05) is 24.5 Å². The summed E-state index contributed by atoms with van der Waals surface area (Å²) in [6.07, 6.45) is 5.41. The van der Waals surface area contributed by atoms with Crippen molar-refractivity contribution in [2.24, 2.45) is 5.92 Å². The summed E-state index contributed by atoms with van der Waals surface area (Å²) in [5.41, 5.74) is 1.41. The first kappa shape index (κ1) is 11.8. The second-order valence-corrected chi connectivity index (χ2v) is 4.82. The number of hydrogen-bond acceptors (Lipinski definition) is 0. The first-order chi connectivity index (χ1) is 8.27. The Morgan fingerprint density at radius 1 is 0.882 bits per heavy atom. The number of hydrogen-bond donors (Lipinski definition) is 0. The van der Waals surface area contributed by atoms with Crippen molar-refractivity contribution in [3.63, 3.8) is 0 Å². The van der Waals surface area contributed by atoms with Crippen molar-refractivity contribution < 1.29 is 4.57 Å². The highest BCUT2D eigenvalue weighted by Gasteiger charge is 2.22. The second kappa shape index (κ2) is 5.62. The first-order valence-corrected chi connectivity index (χ1v) is 6.27. The van der Waals surface area contributed by atoms with Crippen molar-refractivity contribution in [1.82, 2.24) is 0 Å². The lowest BCUT2D eigenvalue weighted by Gasteiger charge is -2.16. The number of aromatic nitrogens is 1. The van der Waals surface area contributed by atoms with Gasteiger partial charge in [-0.25, -0.2) is 4.57 Å². The third-order valence-corrected chi connectivity index (χ3v) is 3.18. The van der Waals surface area contributed by atoms with Crippen molar-refractivity contribution in [2.75, 3.05) is 0 Å². The van der Waals surface area contributed by atoms with Crippen LogP contribution in [-0.4, -0.2) is 0 Å². The molecule has 88 valence electrons. The average molecular weight is 226 g/mol. The summed E-state index contributed by atoms with van der Waals surface area (Å²) >= 11 is 0. The summed E-state index contributed by atoms with van der Waals surface area (Å²) < 4.78 is 2.32. The molecule has 0 bridgehead atoms. The fourth-order valence-electron chi connectivity index (χ4n) is 2.17. The van der Waals surface area contributed by atoms with Crippen LogP contribution in [0.3, 0.4) is 0 Å². The minimum atomic E-state index is 0.526. The second-order valence-electron chi connectivity index (χ2n) is 4.82. The standard InChI is InChI=1S/C16H20N/c1-14(2)16(17-11-7-4-8-12-17)13-15-9-5-3-6-10-15/h3-12,14,16H,13H2,1-2H3/q+1. The Morgan fingerprint density at radius 2 is 1.47 bits per heavy atom. The molecule has 0 aliphatic carbocycles. The Balaban J connectivity index is 2.20. The monoisotopic (exact) mass is 226 g/mol. The first-order valence-electron chi connectivity index (χ1n) is 6.27. The maximum absolute atomic E-state index is 2.32. The minimum absolute atomic E-state index is 0.526. The molecule has 0 spiro atoms. The van der Waals surface area contributed by atoms with Crippen molar-refractivity contribution in [2.45, 2.75) is 26.3 Å². The zero-order valence-electron chi connectivity index (χ0n) is 10.6. The van der Waals surface area contributed by atoms with E-state index in [9.17, 15) is 0 Å². The Bertz CT molecular complexity index is 434. The Hall–Kier alpha value is -1.63. The molecular formula is C16H20N+. The molecule has 1 atom stereocenters. The Labute approximate surface area is 104 Å². The maximum Gasteiger partial charge on any atom is 0.169 e. The zero-order chi connectivity index (χ0) is 12.1. The summed E-state index contributed by atoms with van der Waals surface area (Å²) in [6, 6.07) is 17.5. The van der Waals surface area contributed by atoms with Gasteiger partial charge in [0.1, 0.15) is 0 Å². The predicted molar refractivity (Wildman–Crippen MR) is 70.7 cm³/mol. The number of pyridine rings is 1. The molecule has 2 aromatic rings. The maximum atomic E-state index is 2.32. The Kier molecular flexibility index (Phi) is 3.92. The van der Waals surface area contributed by atoms with Crippen LogP contribution in [0.1, 0.15) is 25.5 Å². The topological polar surface area (TPSA) is 3.88 Å². The third-order valence-electron chi connectivity index (χ3n) is 3.18. The fraction of sp³-hybridized carbons (Fsp3) is 0.312. The van der Waals surface area contributed by atoms with Crippen molar-refractivity contribution >= 4 is 0 Å². The highest BCUT2D eigenvalue weighted by Crippen LogP contribution is 2.16. The van der Waals surface area contributed by atoms with Crippen molar-refractivity contribution in [3.8, 4) is 0 Å². The van der Waals surface area contributed by atoms with Gasteiger partial charge < -0.3 is 0 Å². The number of nitrogens with zero attached hydrogens (tertiary/aromatic N) is 1. The van der Waals surface area contributed by atoms with Crippen molar-refractivity contribution in [3.05, 3.63) is 66.5 Å². The largest absolute Gasteiger partial charge is 0.202 e. The van der Waals surface area contributed by atoms with Gasteiger partial charge in [0.2, 0.25) is 0 Å². The van der Waals surface area contributed by atoms with E-state index < -0.39 is 0 Å². The zero-order valence-corrected chi connectivity index (χ0v) is 10.6. The molecule has 1 heterocycles. The summed E-state index contributed by atoms with van der Waals surface area (Å²) in [6.45, 7) is 4.57. The van der Waals surface area contributed by atoms with Crippen LogP contribution in [0, 0.1) is 5.92 Å². The van der Waals surface area contributed by atoms with Gasteiger partial charge in [-0.1, -0.05) is 50.2 Å². The molecule has 0 N–H and O–H groups in total. The van der Waals surface area contributed by atoms with Crippen LogP contribution in [0.2, 0.25) is 0 Å². The van der Waals surface area contributed by atoms with Crippen molar-refractivity contribution in [1.29, 1.82) is 0 Å². The summed E-state index contributed by atoms with van der Waals surface area (Å²) in [5.74, 6) is 0.627. The fourth-order valence-corrected chi connectivity index (χ4v) is 2.17. The van der Waals surface area contributed by atoms with Gasteiger partial charge >= 0.3 is 0 Å². The molecule has 1 heteroatoms. The molecule has 1 unspecified atom stereocenters. The molecule has 2 rings (SSSR count). The van der Waals surface area contributed by atoms with Crippen LogP contribution >= 0.6 is 0 Å². The summed E-state index contributed by atoms with van der Waals surface area (Å²) in [4.78, 5) is 0. The molecule has 0 radical (unpaired) electrons. The quantitative estimate of drug-likeness (QED) is 0.703. The molecule has 1 nitrogen and oxygen atoms in total. The SMILES string of the molecule is CC(C)C(Cc1ccccc1)[n+]1ccccc1. The lowest BCUT2D eigenvalue weighted by molar-refractivity contribution is -0.729. The van der Waals surface area contributed by atoms with Gasteiger partial charge in [0.15, 0.2) is 18.4 Å². The van der Waals surface area contributed by atoms with E-state index in [1.807, 2.05) is 0 Å². The Morgan fingerprint density at radius 3 is 2.06 bits per heavy atom. The van der Waals surface area contributed by atoms with Crippen LogP contribution in [0.15, 0.2) is 60.9 Å². The van der Waals surface area contributed by atoms with Crippen LogP contribution in [0.5, 0.6) is 0 Å². The summed E-state index contributed by atoms with van der Waals surface area (Å²) in [7, 11) is 0. The lowest BCUT2D eigenvalue weighted by atomic mass is 9.96. The van der Waals surface area contributed by atoms with Gasteiger partial charge in [0.25, 0.3) is 0 Å². The van der Waals surface area contributed by atoms with Gasteiger partial charge in [-0.15, -0.1) is 0 Å². The van der Waals surface area contributed by atoms with E-state index in [0.29, 0.717) is 12.0 Å². The van der Waals surface area contributed by atoms with Gasteiger partial charge in [-0.3, -0.25) is 0 Å². The molecule has 0 saturated heterocycles. The van der Waals surface area contributed by atoms with E-state index in [1.165, 1.54) is 5.56 Å². The number of benzene rings is 1. The average Bonchev–Trinajstić information content (AvgIpc) is 2.38. The predicted octanol–water partition coefficient (Wildman–Crippen LogP) is 3.41. The van der Waals surface area contributed by atoms with Gasteiger partial charge in [0.05, 0.1) is 0 Å². The molecule has 0 amide bonds. The van der Waals surface area contributed by atoms with Crippen LogP contribution in [0.25, 0.3) is 0 Å².